The smallest absolute Gasteiger partial charge is 0.410 e. The van der Waals surface area contributed by atoms with Crippen molar-refractivity contribution in [2.75, 3.05) is 7.11 Å². The van der Waals surface area contributed by atoms with Crippen molar-refractivity contribution < 1.29 is 17.9 Å². The Morgan fingerprint density at radius 3 is 2.18 bits per heavy atom. The first kappa shape index (κ1) is 16.1. The maximum atomic E-state index is 13.0. The van der Waals surface area contributed by atoms with E-state index in [1.54, 1.807) is 30.3 Å². The number of hydrogen-bond donors (Lipinski definition) is 0. The van der Waals surface area contributed by atoms with Crippen LogP contribution in [0.25, 0.3) is 5.57 Å². The van der Waals surface area contributed by atoms with Gasteiger partial charge in [0.1, 0.15) is 5.75 Å². The van der Waals surface area contributed by atoms with Crippen molar-refractivity contribution in [3.05, 3.63) is 70.8 Å². The third-order valence-electron chi connectivity index (χ3n) is 3.39. The highest BCUT2D eigenvalue weighted by molar-refractivity contribution is 5.82. The lowest BCUT2D eigenvalue weighted by molar-refractivity contribution is -0.0793. The van der Waals surface area contributed by atoms with Crippen molar-refractivity contribution in [1.29, 1.82) is 0 Å². The molecule has 0 aromatic heterocycles. The quantitative estimate of drug-likeness (QED) is 0.747. The molecule has 1 nitrogen and oxygen atoms in total. The van der Waals surface area contributed by atoms with Gasteiger partial charge in [0.05, 0.1) is 7.11 Å². The summed E-state index contributed by atoms with van der Waals surface area (Å²) >= 11 is 0. The van der Waals surface area contributed by atoms with Crippen LogP contribution in [0.15, 0.2) is 48.5 Å². The summed E-state index contributed by atoms with van der Waals surface area (Å²) in [6.07, 6.45) is -4.03. The van der Waals surface area contributed by atoms with Crippen LogP contribution in [-0.2, 0) is 0 Å². The Kier molecular flexibility index (Phi) is 4.59. The molecular weight excluding hydrogens is 289 g/mol. The van der Waals surface area contributed by atoms with Crippen molar-refractivity contribution in [1.82, 2.24) is 0 Å². The van der Waals surface area contributed by atoms with E-state index in [4.69, 9.17) is 4.74 Å². The number of methoxy groups -OCH3 is 1. The van der Waals surface area contributed by atoms with E-state index in [9.17, 15) is 13.2 Å². The molecule has 2 aromatic carbocycles. The summed E-state index contributed by atoms with van der Waals surface area (Å²) in [6, 6.07) is 12.1. The maximum Gasteiger partial charge on any atom is 0.410 e. The van der Waals surface area contributed by atoms with Crippen LogP contribution in [-0.4, -0.2) is 13.3 Å². The van der Waals surface area contributed by atoms with Gasteiger partial charge < -0.3 is 4.74 Å². The van der Waals surface area contributed by atoms with Crippen LogP contribution in [0.4, 0.5) is 13.2 Å². The minimum Gasteiger partial charge on any atom is -0.497 e. The van der Waals surface area contributed by atoms with Crippen molar-refractivity contribution in [2.45, 2.75) is 20.0 Å². The largest absolute Gasteiger partial charge is 0.497 e. The summed E-state index contributed by atoms with van der Waals surface area (Å²) in [5.41, 5.74) is 2.98. The van der Waals surface area contributed by atoms with Crippen molar-refractivity contribution in [2.24, 2.45) is 0 Å². The van der Waals surface area contributed by atoms with E-state index in [2.05, 4.69) is 0 Å². The number of aryl methyl sites for hydroxylation is 2. The molecule has 2 rings (SSSR count). The van der Waals surface area contributed by atoms with Gasteiger partial charge in [-0.15, -0.1) is 0 Å². The fraction of sp³-hybridized carbons (Fsp3) is 0.222. The zero-order valence-electron chi connectivity index (χ0n) is 12.7. The second-order valence-corrected chi connectivity index (χ2v) is 5.15. The molecule has 0 unspecified atom stereocenters. The summed E-state index contributed by atoms with van der Waals surface area (Å²) in [5.74, 6) is 0.607. The Morgan fingerprint density at radius 1 is 1.00 bits per heavy atom. The number of ether oxygens (including phenoxy) is 1. The topological polar surface area (TPSA) is 9.23 Å². The SMILES string of the molecule is COc1ccc(/C(=C/C(F)(F)F)c2cc(C)ccc2C)cc1. The number of hydrogen-bond acceptors (Lipinski definition) is 1. The average Bonchev–Trinajstić information content (AvgIpc) is 2.47. The van der Waals surface area contributed by atoms with Crippen LogP contribution < -0.4 is 4.74 Å². The van der Waals surface area contributed by atoms with Gasteiger partial charge in [0, 0.05) is 6.08 Å². The van der Waals surface area contributed by atoms with Crippen LogP contribution in [0, 0.1) is 13.8 Å². The minimum absolute atomic E-state index is 0.163. The lowest BCUT2D eigenvalue weighted by Crippen LogP contribution is -2.05. The van der Waals surface area contributed by atoms with E-state index >= 15 is 0 Å². The summed E-state index contributed by atoms with van der Waals surface area (Å²) in [4.78, 5) is 0. The van der Waals surface area contributed by atoms with Crippen LogP contribution >= 0.6 is 0 Å². The van der Waals surface area contributed by atoms with E-state index in [-0.39, 0.29) is 5.57 Å². The zero-order chi connectivity index (χ0) is 16.3. The highest BCUT2D eigenvalue weighted by Crippen LogP contribution is 2.32. The molecule has 0 saturated carbocycles. The van der Waals surface area contributed by atoms with Gasteiger partial charge in [0.25, 0.3) is 0 Å². The fourth-order valence-electron chi connectivity index (χ4n) is 2.28. The predicted octanol–water partition coefficient (Wildman–Crippen LogP) is 5.31. The normalized spacial score (nSPS) is 12.4. The second kappa shape index (κ2) is 6.26. The average molecular weight is 306 g/mol. The number of allylic oxidation sites excluding steroid dienone is 1. The number of alkyl halides is 3. The van der Waals surface area contributed by atoms with Crippen LogP contribution in [0.5, 0.6) is 5.75 Å². The molecular formula is C18H17F3O. The summed E-state index contributed by atoms with van der Waals surface area (Å²) in [7, 11) is 1.52. The number of benzene rings is 2. The third kappa shape index (κ3) is 3.91. The van der Waals surface area contributed by atoms with E-state index in [0.717, 1.165) is 11.1 Å². The predicted molar refractivity (Wildman–Crippen MR) is 82.0 cm³/mol. The van der Waals surface area contributed by atoms with Crippen LogP contribution in [0.1, 0.15) is 22.3 Å². The molecule has 2 aromatic rings. The summed E-state index contributed by atoms with van der Waals surface area (Å²) in [5, 5.41) is 0. The molecule has 0 N–H and O–H groups in total. The maximum absolute atomic E-state index is 13.0. The zero-order valence-corrected chi connectivity index (χ0v) is 12.7. The van der Waals surface area contributed by atoms with Gasteiger partial charge in [-0.3, -0.25) is 0 Å². The van der Waals surface area contributed by atoms with Crippen molar-refractivity contribution in [3.63, 3.8) is 0 Å². The molecule has 0 atom stereocenters. The Labute approximate surface area is 128 Å². The first-order valence-corrected chi connectivity index (χ1v) is 6.82. The summed E-state index contributed by atoms with van der Waals surface area (Å²) in [6.45, 7) is 3.67. The van der Waals surface area contributed by atoms with E-state index < -0.39 is 6.18 Å². The van der Waals surface area contributed by atoms with Gasteiger partial charge in [-0.05, 0) is 48.2 Å². The number of rotatable bonds is 3. The van der Waals surface area contributed by atoms with E-state index in [1.165, 1.54) is 7.11 Å². The summed E-state index contributed by atoms with van der Waals surface area (Å²) < 4.78 is 43.9. The Balaban J connectivity index is 2.61. The molecule has 0 saturated heterocycles. The Bertz CT molecular complexity index is 682. The molecule has 116 valence electrons. The van der Waals surface area contributed by atoms with E-state index in [0.29, 0.717) is 23.0 Å². The standard InChI is InChI=1S/C18H17F3O/c1-12-4-5-13(2)16(10-12)17(11-18(19,20)21)14-6-8-15(22-3)9-7-14/h4-11H,1-3H3/b17-11-. The first-order chi connectivity index (χ1) is 10.3. The lowest BCUT2D eigenvalue weighted by atomic mass is 9.92. The second-order valence-electron chi connectivity index (χ2n) is 5.15. The lowest BCUT2D eigenvalue weighted by Gasteiger charge is -2.14. The third-order valence-corrected chi connectivity index (χ3v) is 3.39. The first-order valence-electron chi connectivity index (χ1n) is 6.82. The Hall–Kier alpha value is -2.23. The highest BCUT2D eigenvalue weighted by atomic mass is 19.4. The number of halogens is 3. The molecule has 0 radical (unpaired) electrons. The monoisotopic (exact) mass is 306 g/mol. The molecule has 0 fully saturated rings. The molecule has 0 aliphatic heterocycles. The van der Waals surface area contributed by atoms with Gasteiger partial charge in [-0.2, -0.15) is 13.2 Å². The van der Waals surface area contributed by atoms with Crippen LogP contribution in [0.2, 0.25) is 0 Å². The molecule has 0 aliphatic carbocycles. The van der Waals surface area contributed by atoms with Gasteiger partial charge in [-0.25, -0.2) is 0 Å². The molecule has 0 aliphatic rings. The molecule has 0 spiro atoms. The Morgan fingerprint density at radius 2 is 1.64 bits per heavy atom. The van der Waals surface area contributed by atoms with Gasteiger partial charge >= 0.3 is 6.18 Å². The molecule has 4 heteroatoms. The van der Waals surface area contributed by atoms with Gasteiger partial charge in [0.2, 0.25) is 0 Å². The van der Waals surface area contributed by atoms with Crippen LogP contribution in [0.3, 0.4) is 0 Å². The molecule has 0 heterocycles. The molecule has 0 bridgehead atoms. The highest BCUT2D eigenvalue weighted by Gasteiger charge is 2.26. The van der Waals surface area contributed by atoms with E-state index in [1.807, 2.05) is 26.0 Å². The molecule has 0 amide bonds. The van der Waals surface area contributed by atoms with Crippen molar-refractivity contribution >= 4 is 5.57 Å². The molecule has 22 heavy (non-hydrogen) atoms. The van der Waals surface area contributed by atoms with Gasteiger partial charge in [-0.1, -0.05) is 35.9 Å². The van der Waals surface area contributed by atoms with Gasteiger partial charge in [0.15, 0.2) is 0 Å². The fourth-order valence-corrected chi connectivity index (χ4v) is 2.28. The minimum atomic E-state index is -4.38. The van der Waals surface area contributed by atoms with Crippen molar-refractivity contribution in [3.8, 4) is 5.75 Å².